The number of H-pyrrole nitrogens is 1. The number of nitrogens with one attached hydrogen (secondary N) is 1. The monoisotopic (exact) mass is 357 g/mol. The Labute approximate surface area is 153 Å². The van der Waals surface area contributed by atoms with Gasteiger partial charge >= 0.3 is 0 Å². The number of benzene rings is 1. The molecule has 0 saturated carbocycles. The molecule has 4 heterocycles. The van der Waals surface area contributed by atoms with Crippen LogP contribution in [0.4, 0.5) is 5.82 Å². The summed E-state index contributed by atoms with van der Waals surface area (Å²) in [5, 5.41) is 5.18. The van der Waals surface area contributed by atoms with Crippen LogP contribution in [-0.2, 0) is 0 Å². The lowest BCUT2D eigenvalue weighted by Gasteiger charge is -2.05. The summed E-state index contributed by atoms with van der Waals surface area (Å²) in [5.41, 5.74) is 11.0. The molecule has 0 bridgehead atoms. The van der Waals surface area contributed by atoms with Gasteiger partial charge in [0.25, 0.3) is 5.56 Å². The highest BCUT2D eigenvalue weighted by Gasteiger charge is 2.17. The first kappa shape index (κ1) is 15.4. The number of fused-ring (bicyclic) bond motifs is 2. The molecule has 7 nitrogen and oxygen atoms in total. The zero-order valence-electron chi connectivity index (χ0n) is 14.4. The first-order valence-corrected chi connectivity index (χ1v) is 8.43. The largest absolute Gasteiger partial charge is 0.464 e. The van der Waals surface area contributed by atoms with Crippen molar-refractivity contribution in [3.8, 4) is 22.5 Å². The van der Waals surface area contributed by atoms with Crippen molar-refractivity contribution in [1.29, 1.82) is 0 Å². The Morgan fingerprint density at radius 3 is 2.89 bits per heavy atom. The van der Waals surface area contributed by atoms with E-state index in [9.17, 15) is 4.79 Å². The van der Waals surface area contributed by atoms with Crippen LogP contribution >= 0.6 is 0 Å². The van der Waals surface area contributed by atoms with E-state index in [1.54, 1.807) is 12.5 Å². The summed E-state index contributed by atoms with van der Waals surface area (Å²) in [7, 11) is 0. The SMILES string of the molecule is Cc1coc2ccc(-c3cc(=O)n4nc(N)c(-c5ccccn5)c4[nH]3)cc12. The predicted molar refractivity (Wildman–Crippen MR) is 103 cm³/mol. The van der Waals surface area contributed by atoms with Crippen molar-refractivity contribution < 1.29 is 4.42 Å². The summed E-state index contributed by atoms with van der Waals surface area (Å²) in [6.07, 6.45) is 3.40. The molecule has 5 rings (SSSR count). The van der Waals surface area contributed by atoms with Gasteiger partial charge in [0.2, 0.25) is 0 Å². The maximum absolute atomic E-state index is 12.6. The smallest absolute Gasteiger partial charge is 0.274 e. The van der Waals surface area contributed by atoms with Gasteiger partial charge in [0.1, 0.15) is 11.2 Å². The molecule has 0 radical (unpaired) electrons. The van der Waals surface area contributed by atoms with E-state index >= 15 is 0 Å². The average Bonchev–Trinajstić information content (AvgIpc) is 3.22. The number of nitrogens with zero attached hydrogens (tertiary/aromatic N) is 3. The van der Waals surface area contributed by atoms with E-state index in [1.807, 2.05) is 43.3 Å². The first-order valence-electron chi connectivity index (χ1n) is 8.43. The van der Waals surface area contributed by atoms with E-state index in [-0.39, 0.29) is 11.4 Å². The van der Waals surface area contributed by atoms with Crippen LogP contribution < -0.4 is 11.3 Å². The van der Waals surface area contributed by atoms with Gasteiger partial charge in [-0.15, -0.1) is 5.10 Å². The Morgan fingerprint density at radius 1 is 1.19 bits per heavy atom. The van der Waals surface area contributed by atoms with Gasteiger partial charge in [-0.25, -0.2) is 0 Å². The fraction of sp³-hybridized carbons (Fsp3) is 0.0500. The minimum Gasteiger partial charge on any atom is -0.464 e. The van der Waals surface area contributed by atoms with Gasteiger partial charge in [-0.05, 0) is 48.4 Å². The zero-order valence-corrected chi connectivity index (χ0v) is 14.4. The normalized spacial score (nSPS) is 11.4. The molecular formula is C20H15N5O2. The maximum Gasteiger partial charge on any atom is 0.274 e. The molecule has 0 unspecified atom stereocenters. The van der Waals surface area contributed by atoms with E-state index in [4.69, 9.17) is 10.2 Å². The number of hydrogen-bond donors (Lipinski definition) is 2. The van der Waals surface area contributed by atoms with Crippen LogP contribution in [-0.4, -0.2) is 19.6 Å². The van der Waals surface area contributed by atoms with Crippen molar-refractivity contribution >= 4 is 22.4 Å². The van der Waals surface area contributed by atoms with Crippen molar-refractivity contribution in [2.24, 2.45) is 0 Å². The number of aryl methyl sites for hydroxylation is 1. The molecule has 0 amide bonds. The summed E-state index contributed by atoms with van der Waals surface area (Å²) in [4.78, 5) is 20.3. The maximum atomic E-state index is 12.6. The van der Waals surface area contributed by atoms with Crippen molar-refractivity contribution in [2.75, 3.05) is 5.73 Å². The highest BCUT2D eigenvalue weighted by Crippen LogP contribution is 2.30. The van der Waals surface area contributed by atoms with Crippen molar-refractivity contribution in [2.45, 2.75) is 6.92 Å². The lowest BCUT2D eigenvalue weighted by atomic mass is 10.1. The third-order valence-corrected chi connectivity index (χ3v) is 4.64. The number of nitrogens with two attached hydrogens (primary N) is 1. The molecule has 0 aliphatic rings. The van der Waals surface area contributed by atoms with Gasteiger partial charge in [0.05, 0.1) is 23.2 Å². The minimum atomic E-state index is -0.267. The van der Waals surface area contributed by atoms with E-state index in [1.165, 1.54) is 10.6 Å². The summed E-state index contributed by atoms with van der Waals surface area (Å²) >= 11 is 0. The highest BCUT2D eigenvalue weighted by atomic mass is 16.3. The molecule has 0 fully saturated rings. The molecule has 27 heavy (non-hydrogen) atoms. The van der Waals surface area contributed by atoms with Gasteiger partial charge < -0.3 is 15.1 Å². The van der Waals surface area contributed by atoms with Crippen LogP contribution in [0, 0.1) is 6.92 Å². The van der Waals surface area contributed by atoms with Gasteiger partial charge in [-0.1, -0.05) is 6.07 Å². The predicted octanol–water partition coefficient (Wildman–Crippen LogP) is 3.39. The number of rotatable bonds is 2. The second-order valence-electron chi connectivity index (χ2n) is 6.39. The van der Waals surface area contributed by atoms with Gasteiger partial charge in [0.15, 0.2) is 5.82 Å². The van der Waals surface area contributed by atoms with Crippen LogP contribution in [0.15, 0.2) is 64.1 Å². The number of nitrogen functional groups attached to an aromatic ring is 1. The fourth-order valence-electron chi connectivity index (χ4n) is 3.30. The molecule has 7 heteroatoms. The molecule has 5 aromatic rings. The summed E-state index contributed by atoms with van der Waals surface area (Å²) in [5.74, 6) is 0.250. The Bertz CT molecular complexity index is 1360. The number of anilines is 1. The Hall–Kier alpha value is -3.87. The Kier molecular flexibility index (Phi) is 3.17. The number of hydrogen-bond acceptors (Lipinski definition) is 5. The van der Waals surface area contributed by atoms with Crippen LogP contribution in [0.25, 0.3) is 39.1 Å². The van der Waals surface area contributed by atoms with Gasteiger partial charge in [0, 0.05) is 17.6 Å². The average molecular weight is 357 g/mol. The molecule has 0 spiro atoms. The molecule has 1 aromatic carbocycles. The zero-order chi connectivity index (χ0) is 18.5. The van der Waals surface area contributed by atoms with Crippen molar-refractivity contribution in [3.05, 3.63) is 70.8 Å². The molecule has 0 aliphatic heterocycles. The van der Waals surface area contributed by atoms with Crippen molar-refractivity contribution in [1.82, 2.24) is 19.6 Å². The number of pyridine rings is 1. The summed E-state index contributed by atoms with van der Waals surface area (Å²) in [6.45, 7) is 1.98. The second kappa shape index (κ2) is 5.57. The molecular weight excluding hydrogens is 342 g/mol. The highest BCUT2D eigenvalue weighted by molar-refractivity contribution is 5.87. The van der Waals surface area contributed by atoms with E-state index in [2.05, 4.69) is 15.1 Å². The number of aromatic nitrogens is 4. The van der Waals surface area contributed by atoms with Crippen LogP contribution in [0.3, 0.4) is 0 Å². The van der Waals surface area contributed by atoms with Gasteiger partial charge in [-0.3, -0.25) is 9.78 Å². The van der Waals surface area contributed by atoms with Crippen LogP contribution in [0.1, 0.15) is 5.56 Å². The van der Waals surface area contributed by atoms with Gasteiger partial charge in [-0.2, -0.15) is 4.52 Å². The Balaban J connectivity index is 1.78. The minimum absolute atomic E-state index is 0.250. The number of furan rings is 1. The lowest BCUT2D eigenvalue weighted by Crippen LogP contribution is -2.14. The second-order valence-corrected chi connectivity index (χ2v) is 6.39. The molecule has 132 valence electrons. The molecule has 0 atom stereocenters. The van der Waals surface area contributed by atoms with E-state index < -0.39 is 0 Å². The summed E-state index contributed by atoms with van der Waals surface area (Å²) in [6, 6.07) is 12.8. The topological polar surface area (TPSA) is 102 Å². The van der Waals surface area contributed by atoms with E-state index in [0.29, 0.717) is 22.6 Å². The van der Waals surface area contributed by atoms with E-state index in [0.717, 1.165) is 22.1 Å². The van der Waals surface area contributed by atoms with Crippen LogP contribution in [0.2, 0.25) is 0 Å². The first-order chi connectivity index (χ1) is 13.1. The molecule has 0 saturated heterocycles. The molecule has 0 aliphatic carbocycles. The fourth-order valence-corrected chi connectivity index (χ4v) is 3.30. The van der Waals surface area contributed by atoms with Crippen molar-refractivity contribution in [3.63, 3.8) is 0 Å². The third kappa shape index (κ3) is 2.32. The van der Waals surface area contributed by atoms with Crippen LogP contribution in [0.5, 0.6) is 0 Å². The quantitative estimate of drug-likeness (QED) is 0.504. The third-order valence-electron chi connectivity index (χ3n) is 4.64. The molecule has 4 aromatic heterocycles. The lowest BCUT2D eigenvalue weighted by molar-refractivity contribution is 0.613. The standard InChI is InChI=1S/C20H15N5O2/c1-11-10-27-16-6-5-12(8-13(11)16)15-9-17(26)25-20(23-15)18(19(21)24-25)14-4-2-3-7-22-14/h2-10,23H,1H3,(H2,21,24). The summed E-state index contributed by atoms with van der Waals surface area (Å²) < 4.78 is 6.77. The molecule has 3 N–H and O–H groups in total. The Morgan fingerprint density at radius 2 is 2.07 bits per heavy atom. The number of aromatic amines is 1.